The highest BCUT2D eigenvalue weighted by molar-refractivity contribution is 5.76. The first-order chi connectivity index (χ1) is 12.6. The lowest BCUT2D eigenvalue weighted by atomic mass is 10.1. The summed E-state index contributed by atoms with van der Waals surface area (Å²) in [5.41, 5.74) is 6.42. The van der Waals surface area contributed by atoms with Gasteiger partial charge in [-0.3, -0.25) is 19.2 Å². The largest absolute Gasteiger partial charge is 0.462 e. The summed E-state index contributed by atoms with van der Waals surface area (Å²) in [4.78, 5) is 45.1. The van der Waals surface area contributed by atoms with Gasteiger partial charge in [0, 0.05) is 20.8 Å². The average Bonchev–Trinajstić information content (AvgIpc) is 2.54. The molecule has 9 heteroatoms. The van der Waals surface area contributed by atoms with E-state index in [1.54, 1.807) is 13.0 Å². The summed E-state index contributed by atoms with van der Waals surface area (Å²) in [5, 5.41) is 0. The minimum atomic E-state index is -0.991. The van der Waals surface area contributed by atoms with Crippen LogP contribution >= 0.6 is 0 Å². The molecular weight excluding hydrogens is 358 g/mol. The molecule has 148 valence electrons. The molecule has 0 saturated carbocycles. The fourth-order valence-corrected chi connectivity index (χ4v) is 2.04. The van der Waals surface area contributed by atoms with Crippen molar-refractivity contribution in [3.05, 3.63) is 23.8 Å². The first kappa shape index (κ1) is 22.1. The van der Waals surface area contributed by atoms with Crippen LogP contribution in [0.4, 0.5) is 0 Å². The van der Waals surface area contributed by atoms with Crippen LogP contribution in [0.25, 0.3) is 0 Å². The van der Waals surface area contributed by atoms with Crippen LogP contribution in [0.2, 0.25) is 0 Å². The van der Waals surface area contributed by atoms with Crippen LogP contribution in [-0.2, 0) is 35.1 Å². The van der Waals surface area contributed by atoms with E-state index in [1.165, 1.54) is 32.9 Å². The quantitative estimate of drug-likeness (QED) is 0.515. The SMILES string of the molecule is CC(=O)OC[C@H](C)OC(=O)[C@@H](N)Cc1ccc(OC(C)=O)c(OC(C)=O)c1. The van der Waals surface area contributed by atoms with Gasteiger partial charge in [0.05, 0.1) is 0 Å². The summed E-state index contributed by atoms with van der Waals surface area (Å²) < 4.78 is 19.9. The van der Waals surface area contributed by atoms with E-state index in [0.29, 0.717) is 5.56 Å². The Labute approximate surface area is 156 Å². The number of nitrogens with two attached hydrogens (primary N) is 1. The van der Waals surface area contributed by atoms with Crippen LogP contribution in [0.1, 0.15) is 33.3 Å². The third kappa shape index (κ3) is 8.32. The molecule has 27 heavy (non-hydrogen) atoms. The first-order valence-corrected chi connectivity index (χ1v) is 8.17. The predicted molar refractivity (Wildman–Crippen MR) is 92.9 cm³/mol. The molecule has 0 saturated heterocycles. The average molecular weight is 381 g/mol. The molecular formula is C18H23NO8. The highest BCUT2D eigenvalue weighted by Gasteiger charge is 2.20. The summed E-state index contributed by atoms with van der Waals surface area (Å²) in [6.45, 7) is 5.17. The van der Waals surface area contributed by atoms with Crippen molar-refractivity contribution < 1.29 is 38.1 Å². The van der Waals surface area contributed by atoms with Crippen molar-refractivity contribution >= 4 is 23.9 Å². The van der Waals surface area contributed by atoms with Crippen LogP contribution in [-0.4, -0.2) is 42.6 Å². The van der Waals surface area contributed by atoms with E-state index < -0.39 is 36.0 Å². The Kier molecular flexibility index (Phi) is 8.40. The van der Waals surface area contributed by atoms with Crippen LogP contribution in [0.3, 0.4) is 0 Å². The smallest absolute Gasteiger partial charge is 0.323 e. The number of hydrogen-bond donors (Lipinski definition) is 1. The number of carbonyl (C=O) groups is 4. The second-order valence-corrected chi connectivity index (χ2v) is 5.83. The molecule has 9 nitrogen and oxygen atoms in total. The third-order valence-corrected chi connectivity index (χ3v) is 3.11. The zero-order chi connectivity index (χ0) is 20.6. The molecule has 0 aliphatic rings. The normalized spacial score (nSPS) is 12.5. The van der Waals surface area contributed by atoms with Crippen LogP contribution in [0.15, 0.2) is 18.2 Å². The Bertz CT molecular complexity index is 715. The second-order valence-electron chi connectivity index (χ2n) is 5.83. The predicted octanol–water partition coefficient (Wildman–Crippen LogP) is 0.902. The minimum absolute atomic E-state index is 0.0407. The van der Waals surface area contributed by atoms with Gasteiger partial charge in [0.15, 0.2) is 11.5 Å². The van der Waals surface area contributed by atoms with Crippen molar-refractivity contribution in [2.24, 2.45) is 5.73 Å². The number of carbonyl (C=O) groups excluding carboxylic acids is 4. The van der Waals surface area contributed by atoms with Crippen molar-refractivity contribution in [3.63, 3.8) is 0 Å². The number of esters is 4. The fraction of sp³-hybridized carbons (Fsp3) is 0.444. The van der Waals surface area contributed by atoms with Gasteiger partial charge in [-0.1, -0.05) is 6.07 Å². The van der Waals surface area contributed by atoms with E-state index >= 15 is 0 Å². The molecule has 1 rings (SSSR count). The third-order valence-electron chi connectivity index (χ3n) is 3.11. The van der Waals surface area contributed by atoms with Gasteiger partial charge in [-0.25, -0.2) is 0 Å². The maximum absolute atomic E-state index is 12.0. The maximum Gasteiger partial charge on any atom is 0.323 e. The molecule has 0 bridgehead atoms. The van der Waals surface area contributed by atoms with Crippen molar-refractivity contribution in [1.29, 1.82) is 0 Å². The van der Waals surface area contributed by atoms with Gasteiger partial charge in [0.2, 0.25) is 0 Å². The van der Waals surface area contributed by atoms with Crippen LogP contribution in [0.5, 0.6) is 11.5 Å². The Balaban J connectivity index is 2.78. The lowest BCUT2D eigenvalue weighted by Crippen LogP contribution is -2.37. The van der Waals surface area contributed by atoms with Gasteiger partial charge < -0.3 is 24.7 Å². The molecule has 0 amide bonds. The minimum Gasteiger partial charge on any atom is -0.462 e. The molecule has 0 spiro atoms. The topological polar surface area (TPSA) is 131 Å². The molecule has 0 aromatic heterocycles. The van der Waals surface area contributed by atoms with Crippen molar-refractivity contribution in [2.75, 3.05) is 6.61 Å². The summed E-state index contributed by atoms with van der Waals surface area (Å²) in [6, 6.07) is 3.49. The van der Waals surface area contributed by atoms with E-state index in [-0.39, 0.29) is 24.5 Å². The highest BCUT2D eigenvalue weighted by atomic mass is 16.6. The Morgan fingerprint density at radius 2 is 1.56 bits per heavy atom. The molecule has 0 unspecified atom stereocenters. The van der Waals surface area contributed by atoms with E-state index in [2.05, 4.69) is 0 Å². The van der Waals surface area contributed by atoms with Gasteiger partial charge in [0.25, 0.3) is 0 Å². The summed E-state index contributed by atoms with van der Waals surface area (Å²) in [5.74, 6) is -2.20. The lowest BCUT2D eigenvalue weighted by Gasteiger charge is -2.17. The molecule has 0 aliphatic heterocycles. The molecule has 1 aromatic carbocycles. The molecule has 2 N–H and O–H groups in total. The van der Waals surface area contributed by atoms with Crippen molar-refractivity contribution in [2.45, 2.75) is 46.3 Å². The second kappa shape index (κ2) is 10.3. The van der Waals surface area contributed by atoms with Gasteiger partial charge in [-0.15, -0.1) is 0 Å². The molecule has 0 heterocycles. The highest BCUT2D eigenvalue weighted by Crippen LogP contribution is 2.29. The number of rotatable bonds is 8. The monoisotopic (exact) mass is 381 g/mol. The van der Waals surface area contributed by atoms with E-state index in [4.69, 9.17) is 24.7 Å². The van der Waals surface area contributed by atoms with Gasteiger partial charge >= 0.3 is 23.9 Å². The molecule has 0 fully saturated rings. The van der Waals surface area contributed by atoms with Crippen molar-refractivity contribution in [3.8, 4) is 11.5 Å². The zero-order valence-electron chi connectivity index (χ0n) is 15.6. The van der Waals surface area contributed by atoms with Crippen molar-refractivity contribution in [1.82, 2.24) is 0 Å². The van der Waals surface area contributed by atoms with Gasteiger partial charge in [-0.2, -0.15) is 0 Å². The first-order valence-electron chi connectivity index (χ1n) is 8.17. The molecule has 1 aromatic rings. The Morgan fingerprint density at radius 3 is 2.11 bits per heavy atom. The number of hydrogen-bond acceptors (Lipinski definition) is 9. The zero-order valence-corrected chi connectivity index (χ0v) is 15.6. The standard InChI is InChI=1S/C18H23NO8/c1-10(9-24-11(2)20)25-18(23)15(19)7-14-5-6-16(26-12(3)21)17(8-14)27-13(4)22/h5-6,8,10,15H,7,9,19H2,1-4H3/t10-,15-/m0/s1. The van der Waals surface area contributed by atoms with Crippen LogP contribution in [0, 0.1) is 0 Å². The Morgan fingerprint density at radius 1 is 0.963 bits per heavy atom. The fourth-order valence-electron chi connectivity index (χ4n) is 2.04. The van der Waals surface area contributed by atoms with Crippen LogP contribution < -0.4 is 15.2 Å². The molecule has 0 radical (unpaired) electrons. The van der Waals surface area contributed by atoms with E-state index in [9.17, 15) is 19.2 Å². The van der Waals surface area contributed by atoms with E-state index in [1.807, 2.05) is 0 Å². The van der Waals surface area contributed by atoms with Gasteiger partial charge in [-0.05, 0) is 31.0 Å². The number of benzene rings is 1. The Hall–Kier alpha value is -2.94. The summed E-state index contributed by atoms with van der Waals surface area (Å²) in [6.07, 6.45) is -0.552. The summed E-state index contributed by atoms with van der Waals surface area (Å²) >= 11 is 0. The molecule has 0 aliphatic carbocycles. The molecule has 2 atom stereocenters. The van der Waals surface area contributed by atoms with Gasteiger partial charge in [0.1, 0.15) is 18.8 Å². The van der Waals surface area contributed by atoms with E-state index in [0.717, 1.165) is 0 Å². The lowest BCUT2D eigenvalue weighted by molar-refractivity contribution is -0.157. The maximum atomic E-state index is 12.0. The number of ether oxygens (including phenoxy) is 4. The summed E-state index contributed by atoms with van der Waals surface area (Å²) in [7, 11) is 0.